The third-order valence-electron chi connectivity index (χ3n) is 3.73. The molecule has 0 atom stereocenters. The van der Waals surface area contributed by atoms with Gasteiger partial charge in [-0.25, -0.2) is 4.39 Å². The van der Waals surface area contributed by atoms with Crippen LogP contribution in [-0.2, 0) is 0 Å². The van der Waals surface area contributed by atoms with Crippen LogP contribution in [0.5, 0.6) is 11.5 Å². The van der Waals surface area contributed by atoms with Crippen molar-refractivity contribution in [1.82, 2.24) is 0 Å². The first-order chi connectivity index (χ1) is 12.3. The normalized spacial score (nSPS) is 10.2. The Balaban J connectivity index is 2.39. The summed E-state index contributed by atoms with van der Waals surface area (Å²) in [6.45, 7) is 0. The van der Waals surface area contributed by atoms with Crippen LogP contribution in [0.1, 0.15) is 20.7 Å². The zero-order chi connectivity index (χ0) is 19.4. The van der Waals surface area contributed by atoms with Crippen molar-refractivity contribution in [2.75, 3.05) is 38.5 Å². The lowest BCUT2D eigenvalue weighted by atomic mass is 10.1. The molecule has 0 aliphatic heterocycles. The van der Waals surface area contributed by atoms with E-state index in [4.69, 9.17) is 15.2 Å². The highest BCUT2D eigenvalue weighted by molar-refractivity contribution is 6.09. The number of hydrogen-bond acceptors (Lipinski definition) is 5. The molecule has 0 saturated heterocycles. The second kappa shape index (κ2) is 7.73. The Labute approximate surface area is 150 Å². The van der Waals surface area contributed by atoms with Crippen LogP contribution in [-0.4, -0.2) is 40.1 Å². The van der Waals surface area contributed by atoms with Gasteiger partial charge in [-0.1, -0.05) is 0 Å². The van der Waals surface area contributed by atoms with Crippen molar-refractivity contribution in [3.63, 3.8) is 0 Å². The number of benzene rings is 2. The Kier molecular flexibility index (Phi) is 5.66. The van der Waals surface area contributed by atoms with Gasteiger partial charge in [-0.05, 0) is 24.3 Å². The van der Waals surface area contributed by atoms with Crippen LogP contribution >= 0.6 is 0 Å². The zero-order valence-corrected chi connectivity index (χ0v) is 14.9. The van der Waals surface area contributed by atoms with E-state index >= 15 is 0 Å². The average molecular weight is 361 g/mol. The van der Waals surface area contributed by atoms with Gasteiger partial charge in [0.25, 0.3) is 11.8 Å². The fourth-order valence-corrected chi connectivity index (χ4v) is 2.39. The monoisotopic (exact) mass is 361 g/mol. The van der Waals surface area contributed by atoms with Crippen LogP contribution in [0.3, 0.4) is 0 Å². The first-order valence-corrected chi connectivity index (χ1v) is 7.62. The van der Waals surface area contributed by atoms with Crippen LogP contribution in [0, 0.1) is 5.82 Å². The number of ether oxygens (including phenoxy) is 2. The van der Waals surface area contributed by atoms with Crippen LogP contribution in [0.25, 0.3) is 0 Å². The lowest BCUT2D eigenvalue weighted by molar-refractivity contribution is 0.100. The van der Waals surface area contributed by atoms with Gasteiger partial charge >= 0.3 is 0 Å². The van der Waals surface area contributed by atoms with E-state index < -0.39 is 17.6 Å². The number of nitrogens with zero attached hydrogens (tertiary/aromatic N) is 1. The van der Waals surface area contributed by atoms with E-state index in [2.05, 4.69) is 5.32 Å². The topological polar surface area (TPSA) is 93.9 Å². The molecule has 0 spiro atoms. The summed E-state index contributed by atoms with van der Waals surface area (Å²) in [4.78, 5) is 25.7. The Hall–Kier alpha value is -3.29. The highest BCUT2D eigenvalue weighted by Crippen LogP contribution is 2.33. The highest BCUT2D eigenvalue weighted by atomic mass is 19.1. The van der Waals surface area contributed by atoms with E-state index in [0.29, 0.717) is 17.2 Å². The zero-order valence-electron chi connectivity index (χ0n) is 14.9. The predicted molar refractivity (Wildman–Crippen MR) is 96.7 cm³/mol. The third kappa shape index (κ3) is 3.85. The molecule has 0 aliphatic rings. The summed E-state index contributed by atoms with van der Waals surface area (Å²) in [7, 11) is 6.22. The van der Waals surface area contributed by atoms with E-state index in [-0.39, 0.29) is 16.8 Å². The molecule has 0 bridgehead atoms. The van der Waals surface area contributed by atoms with Crippen LogP contribution < -0.4 is 25.4 Å². The van der Waals surface area contributed by atoms with Gasteiger partial charge in [0.15, 0.2) is 11.5 Å². The van der Waals surface area contributed by atoms with Gasteiger partial charge in [-0.15, -0.1) is 0 Å². The molecule has 7 nitrogen and oxygen atoms in total. The number of halogens is 1. The lowest BCUT2D eigenvalue weighted by Crippen LogP contribution is -2.19. The van der Waals surface area contributed by atoms with Crippen molar-refractivity contribution < 1.29 is 23.5 Å². The molecule has 2 aromatic carbocycles. The van der Waals surface area contributed by atoms with E-state index in [1.807, 2.05) is 0 Å². The second-order valence-corrected chi connectivity index (χ2v) is 5.63. The van der Waals surface area contributed by atoms with Gasteiger partial charge in [0.2, 0.25) is 0 Å². The molecule has 26 heavy (non-hydrogen) atoms. The maximum atomic E-state index is 14.1. The number of carbonyl (C=O) groups excluding carboxylic acids is 2. The van der Waals surface area contributed by atoms with Crippen molar-refractivity contribution in [3.8, 4) is 11.5 Å². The summed E-state index contributed by atoms with van der Waals surface area (Å²) in [5.41, 5.74) is 6.00. The molecule has 8 heteroatoms. The molecule has 3 N–H and O–H groups in total. The first-order valence-electron chi connectivity index (χ1n) is 7.62. The molecule has 0 radical (unpaired) electrons. The third-order valence-corrected chi connectivity index (χ3v) is 3.73. The number of primary amides is 1. The summed E-state index contributed by atoms with van der Waals surface area (Å²) in [5.74, 6) is -1.29. The largest absolute Gasteiger partial charge is 0.493 e. The minimum atomic E-state index is -0.754. The van der Waals surface area contributed by atoms with Crippen molar-refractivity contribution >= 4 is 23.2 Å². The molecule has 0 unspecified atom stereocenters. The fourth-order valence-electron chi connectivity index (χ4n) is 2.39. The minimum Gasteiger partial charge on any atom is -0.493 e. The number of nitrogens with one attached hydrogen (secondary N) is 1. The first kappa shape index (κ1) is 19.0. The number of carbonyl (C=O) groups is 2. The van der Waals surface area contributed by atoms with Crippen molar-refractivity contribution in [3.05, 3.63) is 47.3 Å². The number of methoxy groups -OCH3 is 2. The van der Waals surface area contributed by atoms with E-state index in [1.54, 1.807) is 19.0 Å². The van der Waals surface area contributed by atoms with Gasteiger partial charge in [-0.3, -0.25) is 9.59 Å². The standard InChI is InChI=1S/C18H20FN3O4/c1-22(2)14-6-5-10(7-12(14)19)18(24)21-13-9-16(26-4)15(25-3)8-11(13)17(20)23/h5-9H,1-4H3,(H2,20,23)(H,21,24). The molecule has 0 heterocycles. The predicted octanol–water partition coefficient (Wildman–Crippen LogP) is 2.26. The SMILES string of the molecule is COc1cc(NC(=O)c2ccc(N(C)C)c(F)c2)c(C(N)=O)cc1OC. The summed E-state index contributed by atoms with van der Waals surface area (Å²) >= 11 is 0. The summed E-state index contributed by atoms with van der Waals surface area (Å²) in [6.07, 6.45) is 0. The highest BCUT2D eigenvalue weighted by Gasteiger charge is 2.18. The minimum absolute atomic E-state index is 0.0429. The molecule has 0 aromatic heterocycles. The van der Waals surface area contributed by atoms with Gasteiger partial charge < -0.3 is 25.4 Å². The van der Waals surface area contributed by atoms with Gasteiger partial charge in [0.05, 0.1) is 31.2 Å². The van der Waals surface area contributed by atoms with E-state index in [9.17, 15) is 14.0 Å². The summed E-state index contributed by atoms with van der Waals surface area (Å²) < 4.78 is 24.4. The Morgan fingerprint density at radius 1 is 1.08 bits per heavy atom. The Morgan fingerprint density at radius 2 is 1.69 bits per heavy atom. The molecule has 2 rings (SSSR count). The maximum Gasteiger partial charge on any atom is 0.255 e. The van der Waals surface area contributed by atoms with Crippen LogP contribution in [0.15, 0.2) is 30.3 Å². The van der Waals surface area contributed by atoms with Gasteiger partial charge in [0, 0.05) is 25.7 Å². The van der Waals surface area contributed by atoms with Gasteiger partial charge in [0.1, 0.15) is 5.82 Å². The molecular formula is C18H20FN3O4. The fraction of sp³-hybridized carbons (Fsp3) is 0.222. The Morgan fingerprint density at radius 3 is 2.19 bits per heavy atom. The molecule has 0 saturated carbocycles. The number of nitrogens with two attached hydrogens (primary N) is 1. The number of hydrogen-bond donors (Lipinski definition) is 2. The maximum absolute atomic E-state index is 14.1. The Bertz CT molecular complexity index is 853. The lowest BCUT2D eigenvalue weighted by Gasteiger charge is -2.16. The molecule has 0 aliphatic carbocycles. The van der Waals surface area contributed by atoms with Crippen molar-refractivity contribution in [2.24, 2.45) is 5.73 Å². The van der Waals surface area contributed by atoms with Crippen LogP contribution in [0.4, 0.5) is 15.8 Å². The van der Waals surface area contributed by atoms with E-state index in [0.717, 1.165) is 6.07 Å². The quantitative estimate of drug-likeness (QED) is 0.823. The summed E-state index contributed by atoms with van der Waals surface area (Å²) in [6, 6.07) is 6.88. The van der Waals surface area contributed by atoms with Gasteiger partial charge in [-0.2, -0.15) is 0 Å². The van der Waals surface area contributed by atoms with E-state index in [1.165, 1.54) is 38.5 Å². The van der Waals surface area contributed by atoms with Crippen molar-refractivity contribution in [2.45, 2.75) is 0 Å². The smallest absolute Gasteiger partial charge is 0.255 e. The number of amides is 2. The molecule has 2 amide bonds. The van der Waals surface area contributed by atoms with Crippen LogP contribution in [0.2, 0.25) is 0 Å². The number of anilines is 2. The molecule has 138 valence electrons. The number of rotatable bonds is 6. The second-order valence-electron chi connectivity index (χ2n) is 5.63. The molecule has 0 fully saturated rings. The average Bonchev–Trinajstić information content (AvgIpc) is 2.60. The molecular weight excluding hydrogens is 341 g/mol. The van der Waals surface area contributed by atoms with Crippen molar-refractivity contribution in [1.29, 1.82) is 0 Å². The summed E-state index contributed by atoms with van der Waals surface area (Å²) in [5, 5.41) is 2.55. The molecule has 2 aromatic rings.